The molecular formula is C13H19NO4S2. The van der Waals surface area contributed by atoms with Gasteiger partial charge in [-0.05, 0) is 30.2 Å². The average Bonchev–Trinajstić information content (AvgIpc) is 2.48. The van der Waals surface area contributed by atoms with Crippen molar-refractivity contribution in [3.63, 3.8) is 0 Å². The predicted octanol–water partition coefficient (Wildman–Crippen LogP) is 0.968. The summed E-state index contributed by atoms with van der Waals surface area (Å²) in [4.78, 5) is 0.277. The maximum Gasteiger partial charge on any atom is 0.243 e. The van der Waals surface area contributed by atoms with Crippen molar-refractivity contribution in [3.8, 4) is 5.75 Å². The van der Waals surface area contributed by atoms with E-state index in [1.807, 2.05) is 0 Å². The fourth-order valence-corrected chi connectivity index (χ4v) is 4.98. The molecule has 0 spiro atoms. The van der Waals surface area contributed by atoms with Gasteiger partial charge < -0.3 is 9.84 Å². The van der Waals surface area contributed by atoms with E-state index in [0.717, 1.165) is 11.5 Å². The molecule has 0 aliphatic carbocycles. The zero-order valence-corrected chi connectivity index (χ0v) is 13.0. The zero-order chi connectivity index (χ0) is 14.6. The molecule has 1 aliphatic rings. The van der Waals surface area contributed by atoms with Crippen LogP contribution >= 0.6 is 11.8 Å². The molecular weight excluding hydrogens is 298 g/mol. The lowest BCUT2D eigenvalue weighted by molar-refractivity contribution is 0.298. The lowest BCUT2D eigenvalue weighted by atomic mass is 10.1. The van der Waals surface area contributed by atoms with Crippen molar-refractivity contribution < 1.29 is 18.3 Å². The number of nitrogens with zero attached hydrogens (tertiary/aromatic N) is 1. The van der Waals surface area contributed by atoms with E-state index in [2.05, 4.69) is 0 Å². The normalized spacial score (nSPS) is 17.1. The molecule has 1 aliphatic heterocycles. The number of hydrogen-bond acceptors (Lipinski definition) is 5. The van der Waals surface area contributed by atoms with E-state index in [-0.39, 0.29) is 11.5 Å². The lowest BCUT2D eigenvalue weighted by Gasteiger charge is -2.26. The molecule has 0 aromatic heterocycles. The standard InChI is InChI=1S/C13H19NO4S2/c1-18-12-2-3-13(11(10-12)4-7-15)20(16,17)14-5-8-19-9-6-14/h2-3,10,15H,4-9H2,1H3. The van der Waals surface area contributed by atoms with Crippen LogP contribution in [0.25, 0.3) is 0 Å². The van der Waals surface area contributed by atoms with Gasteiger partial charge in [0.25, 0.3) is 0 Å². The van der Waals surface area contributed by atoms with Crippen molar-refractivity contribution in [1.82, 2.24) is 4.31 Å². The van der Waals surface area contributed by atoms with Gasteiger partial charge in [-0.1, -0.05) is 0 Å². The zero-order valence-electron chi connectivity index (χ0n) is 11.4. The highest BCUT2D eigenvalue weighted by Crippen LogP contribution is 2.26. The fourth-order valence-electron chi connectivity index (χ4n) is 2.18. The third kappa shape index (κ3) is 3.28. The summed E-state index contributed by atoms with van der Waals surface area (Å²) in [6.07, 6.45) is 0.300. The van der Waals surface area contributed by atoms with E-state index in [4.69, 9.17) is 9.84 Å². The van der Waals surface area contributed by atoms with E-state index < -0.39 is 10.0 Å². The van der Waals surface area contributed by atoms with E-state index in [0.29, 0.717) is 30.8 Å². The van der Waals surface area contributed by atoms with Crippen molar-refractivity contribution in [1.29, 1.82) is 0 Å². The Morgan fingerprint density at radius 3 is 2.65 bits per heavy atom. The summed E-state index contributed by atoms with van der Waals surface area (Å²) >= 11 is 1.76. The first-order valence-electron chi connectivity index (χ1n) is 6.45. The first kappa shape index (κ1) is 15.6. The fraction of sp³-hybridized carbons (Fsp3) is 0.538. The monoisotopic (exact) mass is 317 g/mol. The van der Waals surface area contributed by atoms with E-state index in [1.165, 1.54) is 11.4 Å². The maximum absolute atomic E-state index is 12.7. The first-order chi connectivity index (χ1) is 9.59. The van der Waals surface area contributed by atoms with Gasteiger partial charge in [-0.25, -0.2) is 8.42 Å². The van der Waals surface area contributed by atoms with Gasteiger partial charge in [0, 0.05) is 31.2 Å². The van der Waals surface area contributed by atoms with Crippen LogP contribution in [0.3, 0.4) is 0 Å². The Morgan fingerprint density at radius 2 is 2.05 bits per heavy atom. The number of methoxy groups -OCH3 is 1. The number of aliphatic hydroxyl groups is 1. The number of thioether (sulfide) groups is 1. The van der Waals surface area contributed by atoms with Crippen LogP contribution in [-0.4, -0.2) is 56.1 Å². The molecule has 1 fully saturated rings. The second-order valence-corrected chi connectivity index (χ2v) is 7.59. The molecule has 0 bridgehead atoms. The van der Waals surface area contributed by atoms with E-state index in [1.54, 1.807) is 30.0 Å². The van der Waals surface area contributed by atoms with Gasteiger partial charge in [0.1, 0.15) is 5.75 Å². The lowest BCUT2D eigenvalue weighted by Crippen LogP contribution is -2.38. The molecule has 5 nitrogen and oxygen atoms in total. The quantitative estimate of drug-likeness (QED) is 0.876. The molecule has 1 aromatic rings. The van der Waals surface area contributed by atoms with Crippen molar-refractivity contribution in [2.24, 2.45) is 0 Å². The maximum atomic E-state index is 12.7. The van der Waals surface area contributed by atoms with Crippen molar-refractivity contribution in [2.75, 3.05) is 38.3 Å². The molecule has 2 rings (SSSR count). The Labute approximate surface area is 124 Å². The summed E-state index contributed by atoms with van der Waals surface area (Å²) in [6, 6.07) is 4.90. The molecule has 0 saturated carbocycles. The minimum absolute atomic E-state index is 0.0917. The Hall–Kier alpha value is -0.760. The van der Waals surface area contributed by atoms with Crippen LogP contribution in [0.15, 0.2) is 23.1 Å². The summed E-state index contributed by atoms with van der Waals surface area (Å²) in [5.41, 5.74) is 0.602. The SMILES string of the molecule is COc1ccc(S(=O)(=O)N2CCSCC2)c(CCO)c1. The van der Waals surface area contributed by atoms with Crippen LogP contribution in [0.2, 0.25) is 0 Å². The van der Waals surface area contributed by atoms with Gasteiger partial charge >= 0.3 is 0 Å². The Kier molecular flexibility index (Phi) is 5.31. The summed E-state index contributed by atoms with van der Waals surface area (Å²) < 4.78 is 32.0. The smallest absolute Gasteiger partial charge is 0.243 e. The van der Waals surface area contributed by atoms with E-state index >= 15 is 0 Å². The van der Waals surface area contributed by atoms with Crippen LogP contribution in [0.5, 0.6) is 5.75 Å². The number of benzene rings is 1. The van der Waals surface area contributed by atoms with E-state index in [9.17, 15) is 8.42 Å². The third-order valence-electron chi connectivity index (χ3n) is 3.24. The number of rotatable bonds is 5. The van der Waals surface area contributed by atoms with Gasteiger partial charge in [-0.3, -0.25) is 0 Å². The van der Waals surface area contributed by atoms with Gasteiger partial charge in [-0.2, -0.15) is 16.1 Å². The summed E-state index contributed by atoms with van der Waals surface area (Å²) in [5, 5.41) is 9.13. The van der Waals surface area contributed by atoms with Crippen LogP contribution in [0.1, 0.15) is 5.56 Å². The molecule has 1 N–H and O–H groups in total. The minimum Gasteiger partial charge on any atom is -0.497 e. The van der Waals surface area contributed by atoms with Crippen molar-refractivity contribution in [3.05, 3.63) is 23.8 Å². The molecule has 1 saturated heterocycles. The Bertz CT molecular complexity index is 553. The number of sulfonamides is 1. The number of ether oxygens (including phenoxy) is 1. The number of aliphatic hydroxyl groups excluding tert-OH is 1. The van der Waals surface area contributed by atoms with Gasteiger partial charge in [0.2, 0.25) is 10.0 Å². The Morgan fingerprint density at radius 1 is 1.35 bits per heavy atom. The molecule has 0 radical (unpaired) electrons. The van der Waals surface area contributed by atoms with Gasteiger partial charge in [0.15, 0.2) is 0 Å². The summed E-state index contributed by atoms with van der Waals surface area (Å²) in [6.45, 7) is 0.987. The van der Waals surface area contributed by atoms with Crippen LogP contribution < -0.4 is 4.74 Å². The largest absolute Gasteiger partial charge is 0.497 e. The van der Waals surface area contributed by atoms with Gasteiger partial charge in [-0.15, -0.1) is 0 Å². The Balaban J connectivity index is 2.39. The number of hydrogen-bond donors (Lipinski definition) is 1. The minimum atomic E-state index is -3.49. The van der Waals surface area contributed by atoms with Gasteiger partial charge in [0.05, 0.1) is 12.0 Å². The third-order valence-corrected chi connectivity index (χ3v) is 6.18. The van der Waals surface area contributed by atoms with Crippen LogP contribution in [0.4, 0.5) is 0 Å². The first-order valence-corrected chi connectivity index (χ1v) is 9.04. The molecule has 0 amide bonds. The molecule has 0 atom stereocenters. The molecule has 1 heterocycles. The molecule has 1 aromatic carbocycles. The molecule has 112 valence electrons. The summed E-state index contributed by atoms with van der Waals surface area (Å²) in [5.74, 6) is 2.25. The molecule has 0 unspecified atom stereocenters. The highest BCUT2D eigenvalue weighted by atomic mass is 32.2. The second-order valence-electron chi connectivity index (χ2n) is 4.46. The van der Waals surface area contributed by atoms with Crippen molar-refractivity contribution in [2.45, 2.75) is 11.3 Å². The molecule has 20 heavy (non-hydrogen) atoms. The second kappa shape index (κ2) is 6.80. The molecule has 7 heteroatoms. The summed E-state index contributed by atoms with van der Waals surface area (Å²) in [7, 11) is -1.95. The average molecular weight is 317 g/mol. The van der Waals surface area contributed by atoms with Crippen molar-refractivity contribution >= 4 is 21.8 Å². The highest BCUT2D eigenvalue weighted by molar-refractivity contribution is 7.99. The topological polar surface area (TPSA) is 66.8 Å². The van der Waals surface area contributed by atoms with Crippen LogP contribution in [0, 0.1) is 0 Å². The highest BCUT2D eigenvalue weighted by Gasteiger charge is 2.28. The van der Waals surface area contributed by atoms with Crippen LogP contribution in [-0.2, 0) is 16.4 Å². The predicted molar refractivity (Wildman–Crippen MR) is 79.9 cm³/mol.